The molecule has 24 rings (SSSR count). The number of rotatable bonds is 7. The van der Waals surface area contributed by atoms with Gasteiger partial charge in [-0.3, -0.25) is 39.2 Å². The van der Waals surface area contributed by atoms with Gasteiger partial charge in [-0.15, -0.1) is 0 Å². The van der Waals surface area contributed by atoms with E-state index in [0.717, 1.165) is 104 Å². The summed E-state index contributed by atoms with van der Waals surface area (Å²) >= 11 is 0. The van der Waals surface area contributed by atoms with Crippen molar-refractivity contribution in [2.75, 3.05) is 151 Å². The van der Waals surface area contributed by atoms with Crippen molar-refractivity contribution in [1.82, 2.24) is 39.2 Å². The third-order valence-corrected chi connectivity index (χ3v) is 32.2. The highest BCUT2D eigenvalue weighted by Gasteiger charge is 2.74. The monoisotopic (exact) mass is 1380 g/mol. The predicted molar refractivity (Wildman–Crippen MR) is 417 cm³/mol. The molecule has 0 amide bonds. The Kier molecular flexibility index (Phi) is 11.8. The summed E-state index contributed by atoms with van der Waals surface area (Å²) < 4.78 is 0. The Bertz CT molecular complexity index is 5100. The van der Waals surface area contributed by atoms with Crippen LogP contribution in [0.25, 0.3) is 0 Å². The van der Waals surface area contributed by atoms with Crippen LogP contribution in [0.1, 0.15) is 129 Å². The van der Waals surface area contributed by atoms with Crippen molar-refractivity contribution in [2.24, 2.45) is 0 Å². The summed E-state index contributed by atoms with van der Waals surface area (Å²) in [5.41, 5.74) is 29.2. The second-order valence-electron chi connectivity index (χ2n) is 35.5. The molecule has 0 aromatic heterocycles. The van der Waals surface area contributed by atoms with E-state index >= 15 is 0 Å². The third-order valence-electron chi connectivity index (χ3n) is 32.2. The van der Waals surface area contributed by atoms with Crippen molar-refractivity contribution >= 4 is 45.5 Å². The van der Waals surface area contributed by atoms with Crippen molar-refractivity contribution in [3.05, 3.63) is 236 Å². The first-order chi connectivity index (χ1) is 50.7. The number of likely N-dealkylation sites (tertiary alicyclic amines) is 8. The highest BCUT2D eigenvalue weighted by Crippen LogP contribution is 2.72. The second kappa shape index (κ2) is 20.1. The topological polar surface area (TPSA) is 122 Å². The first-order valence-corrected chi connectivity index (χ1v) is 39.5. The zero-order chi connectivity index (χ0) is 69.3. The fraction of sp³-hybridized carbons (Fsp3) is 0.455. The normalized spacial score (nSPS) is 38.2. The summed E-state index contributed by atoms with van der Waals surface area (Å²) in [6, 6.07) is 63.4. The van der Waals surface area contributed by atoms with E-state index in [2.05, 4.69) is 296 Å². The summed E-state index contributed by atoms with van der Waals surface area (Å²) in [6.45, 7) is 8.26. The maximum absolute atomic E-state index is 4.57. The lowest BCUT2D eigenvalue weighted by Crippen LogP contribution is -2.60. The minimum absolute atomic E-state index is 0.0669. The maximum Gasteiger partial charge on any atom is 0.0933 e. The first-order valence-electron chi connectivity index (χ1n) is 39.5. The van der Waals surface area contributed by atoms with E-state index < -0.39 is 0 Å². The SMILES string of the molecule is CN1CC[C@@]2(c3cccc4c3N[C@H]3N(C)CC[C@@]43c3cccc4c3N[C@H]3N(C)CC[C@@]43c3cccc4c3N[C@H]3N(C)CC[C@@]43[C@@]34CCN(C)[C@@H]3Nc3c([C@@]56CCN(C)[C@@H]5Nc5ccccc56)cccc34)c3cccc([C@@]45CCN(C)[C@@H]4Nc4c5cccc4[C@@]45CCN(C)[C@@H]4Nc4ccccc45)c3N[C@@H]12. The minimum atomic E-state index is -0.320. The van der Waals surface area contributed by atoms with Gasteiger partial charge in [-0.25, -0.2) is 0 Å². The number of para-hydroxylation sites is 8. The molecule has 8 aromatic carbocycles. The van der Waals surface area contributed by atoms with Crippen LogP contribution >= 0.6 is 0 Å². The van der Waals surface area contributed by atoms with Crippen molar-refractivity contribution in [3.63, 3.8) is 0 Å². The number of benzene rings is 8. The van der Waals surface area contributed by atoms with E-state index in [9.17, 15) is 0 Å². The van der Waals surface area contributed by atoms with E-state index in [1.807, 2.05) is 0 Å². The molecular formula is C88H98N16. The second-order valence-corrected chi connectivity index (χ2v) is 35.5. The van der Waals surface area contributed by atoms with E-state index in [1.54, 1.807) is 0 Å². The number of likely N-dealkylation sites (N-methyl/N-ethyl adjacent to an activating group) is 8. The van der Waals surface area contributed by atoms with Crippen LogP contribution in [0, 0.1) is 0 Å². The molecule has 0 unspecified atom stereocenters. The molecule has 8 fully saturated rings. The van der Waals surface area contributed by atoms with Gasteiger partial charge in [-0.2, -0.15) is 0 Å². The molecule has 0 bridgehead atoms. The number of nitrogens with zero attached hydrogens (tertiary/aromatic N) is 8. The third kappa shape index (κ3) is 6.57. The van der Waals surface area contributed by atoms with Crippen LogP contribution in [0.5, 0.6) is 0 Å². The standard InChI is InChI=1S/C88H98N16/c1-97-43-35-81(51-19-9-11-33-65(51)89-73(81)97)53-21-13-22-54-67(53)91-75-83(54,37-45-99(75)3)55-23-14-24-56-68(55)92-76-84(56,38-46-100(76)4)57-25-15-26-58-69(57)93-77-85(58,39-47-101(77)5)59-27-16-28-60-70(59)94-78-86(60,40-48-102(78)6)62-30-18-32-64-72(62)96-80-88(64,42-50-104(80)8)87-41-49-103(7)79(87)95-71-61(29-17-31-63(71)87)82-36-44-98(2)74(82)90-66-34-12-10-20-52(66)82/h9-34,73-80,89-96H,35-50H2,1-8H3/t73-,74-,75-,76-,77-,78-,79-,80-,81-,82-,83-,84-,85-,86-,87+,88+/m0/s1. The molecule has 16 aliphatic heterocycles. The van der Waals surface area contributed by atoms with Crippen LogP contribution in [-0.2, 0) is 43.3 Å². The lowest BCUT2D eigenvalue weighted by Gasteiger charge is -2.48. The number of fused-ring (bicyclic) bond motifs is 25. The fourth-order valence-electron chi connectivity index (χ4n) is 27.9. The zero-order valence-corrected chi connectivity index (χ0v) is 61.5. The summed E-state index contributed by atoms with van der Waals surface area (Å²) in [7, 11) is 19.0. The average molecular weight is 1380 g/mol. The quantitative estimate of drug-likeness (QED) is 0.0772. The molecule has 104 heavy (non-hydrogen) atoms. The number of hydrogen-bond acceptors (Lipinski definition) is 16. The van der Waals surface area contributed by atoms with Crippen LogP contribution in [-0.4, -0.2) is 197 Å². The summed E-state index contributed by atoms with van der Waals surface area (Å²) in [4.78, 5) is 21.1. The Hall–Kier alpha value is -8.16. The molecule has 16 atom stereocenters. The van der Waals surface area contributed by atoms with Crippen molar-refractivity contribution in [3.8, 4) is 0 Å². The Balaban J connectivity index is 0.636. The van der Waals surface area contributed by atoms with Crippen LogP contribution in [0.2, 0.25) is 0 Å². The maximum atomic E-state index is 4.57. The summed E-state index contributed by atoms with van der Waals surface area (Å²) in [5, 5.41) is 35.0. The summed E-state index contributed by atoms with van der Waals surface area (Å²) in [5.74, 6) is 0. The Labute approximate surface area is 612 Å². The van der Waals surface area contributed by atoms with Gasteiger partial charge in [-0.1, -0.05) is 146 Å². The molecule has 16 aliphatic rings. The first kappa shape index (κ1) is 61.0. The van der Waals surface area contributed by atoms with Gasteiger partial charge < -0.3 is 42.5 Å². The van der Waals surface area contributed by atoms with Gasteiger partial charge in [0.25, 0.3) is 0 Å². The molecule has 8 aromatic rings. The van der Waals surface area contributed by atoms with Crippen molar-refractivity contribution in [1.29, 1.82) is 0 Å². The molecule has 16 heteroatoms. The molecule has 0 spiro atoms. The van der Waals surface area contributed by atoms with E-state index in [-0.39, 0.29) is 92.6 Å². The van der Waals surface area contributed by atoms with Gasteiger partial charge >= 0.3 is 0 Å². The van der Waals surface area contributed by atoms with Gasteiger partial charge in [0, 0.05) is 109 Å². The van der Waals surface area contributed by atoms with E-state index in [0.29, 0.717) is 0 Å². The zero-order valence-electron chi connectivity index (χ0n) is 61.5. The number of hydrogen-bond donors (Lipinski definition) is 8. The molecule has 530 valence electrons. The average Bonchev–Trinajstić information content (AvgIpc) is 1.48. The number of anilines is 8. The van der Waals surface area contributed by atoms with Gasteiger partial charge in [-0.05, 0) is 198 Å². The molecule has 0 radical (unpaired) electrons. The van der Waals surface area contributed by atoms with Crippen LogP contribution in [0.4, 0.5) is 45.5 Å². The Morgan fingerprint density at radius 3 is 0.654 bits per heavy atom. The molecule has 16 heterocycles. The molecular weight excluding hydrogens is 1280 g/mol. The van der Waals surface area contributed by atoms with E-state index in [4.69, 9.17) is 0 Å². The van der Waals surface area contributed by atoms with Gasteiger partial charge in [0.1, 0.15) is 0 Å². The molecule has 0 aliphatic carbocycles. The van der Waals surface area contributed by atoms with Crippen LogP contribution < -0.4 is 42.5 Å². The van der Waals surface area contributed by atoms with Crippen LogP contribution in [0.3, 0.4) is 0 Å². The lowest BCUT2D eigenvalue weighted by molar-refractivity contribution is 0.147. The molecule has 16 nitrogen and oxygen atoms in total. The highest BCUT2D eigenvalue weighted by molar-refractivity contribution is 5.87. The number of nitrogens with one attached hydrogen (secondary N) is 8. The molecule has 8 N–H and O–H groups in total. The van der Waals surface area contributed by atoms with E-state index in [1.165, 1.54) is 123 Å². The van der Waals surface area contributed by atoms with Crippen LogP contribution in [0.15, 0.2) is 158 Å². The van der Waals surface area contributed by atoms with Gasteiger partial charge in [0.2, 0.25) is 0 Å². The Morgan fingerprint density at radius 2 is 0.385 bits per heavy atom. The molecule has 0 saturated carbocycles. The fourth-order valence-corrected chi connectivity index (χ4v) is 27.9. The van der Waals surface area contributed by atoms with Crippen molar-refractivity contribution in [2.45, 2.75) is 144 Å². The molecule has 8 saturated heterocycles. The van der Waals surface area contributed by atoms with Crippen molar-refractivity contribution < 1.29 is 0 Å². The minimum Gasteiger partial charge on any atom is -0.368 e. The largest absolute Gasteiger partial charge is 0.368 e. The van der Waals surface area contributed by atoms with Gasteiger partial charge in [0.15, 0.2) is 0 Å². The van der Waals surface area contributed by atoms with Gasteiger partial charge in [0.05, 0.1) is 81.8 Å². The smallest absolute Gasteiger partial charge is 0.0933 e. The lowest BCUT2D eigenvalue weighted by atomic mass is 9.54. The Morgan fingerprint density at radius 1 is 0.202 bits per heavy atom. The predicted octanol–water partition coefficient (Wildman–Crippen LogP) is 11.3. The highest BCUT2D eigenvalue weighted by atomic mass is 15.4. The summed E-state index contributed by atoms with van der Waals surface area (Å²) in [6.07, 6.45) is 9.48.